The van der Waals surface area contributed by atoms with Gasteiger partial charge in [0, 0.05) is 12.1 Å². The Kier molecular flexibility index (Phi) is 6.20. The molecule has 0 bridgehead atoms. The average molecular weight is 390 g/mol. The third-order valence-electron chi connectivity index (χ3n) is 4.43. The molecule has 0 aromatic heterocycles. The van der Waals surface area contributed by atoms with Gasteiger partial charge in [0.15, 0.2) is 0 Å². The lowest BCUT2D eigenvalue weighted by molar-refractivity contribution is -0.144. The Balaban J connectivity index is 1.70. The first-order valence-electron chi connectivity index (χ1n) is 8.86. The molecule has 2 N–H and O–H groups in total. The van der Waals surface area contributed by atoms with Crippen LogP contribution in [0.5, 0.6) is 0 Å². The van der Waals surface area contributed by atoms with Crippen molar-refractivity contribution >= 4 is 17.7 Å². The summed E-state index contributed by atoms with van der Waals surface area (Å²) in [7, 11) is 0. The van der Waals surface area contributed by atoms with Crippen molar-refractivity contribution in [2.75, 3.05) is 24.7 Å². The molecule has 0 aliphatic carbocycles. The highest BCUT2D eigenvalue weighted by Gasteiger charge is 2.37. The number of ether oxygens (including phenoxy) is 1. The minimum atomic E-state index is -1.26. The van der Waals surface area contributed by atoms with E-state index in [1.165, 1.54) is 6.07 Å². The number of carbonyl (C=O) groups excluding carboxylic acids is 1. The number of carboxylic acid groups (broad SMARTS) is 1. The number of benzene rings is 2. The molecule has 0 radical (unpaired) electrons. The van der Waals surface area contributed by atoms with Gasteiger partial charge in [0.2, 0.25) is 6.10 Å². The van der Waals surface area contributed by atoms with Gasteiger partial charge in [-0.15, -0.1) is 0 Å². The molecule has 0 spiro atoms. The van der Waals surface area contributed by atoms with Gasteiger partial charge in [-0.2, -0.15) is 0 Å². The molecule has 1 saturated heterocycles. The van der Waals surface area contributed by atoms with E-state index < -0.39 is 24.0 Å². The van der Waals surface area contributed by atoms with Crippen LogP contribution in [0, 0.1) is 5.82 Å². The highest BCUT2D eigenvalue weighted by Crippen LogP contribution is 2.29. The molecule has 148 valence electrons. The summed E-state index contributed by atoms with van der Waals surface area (Å²) in [5.74, 6) is -1.77. The summed E-state index contributed by atoms with van der Waals surface area (Å²) in [6, 6.07) is 11.6. The van der Waals surface area contributed by atoms with Crippen molar-refractivity contribution in [2.45, 2.75) is 19.1 Å². The molecule has 8 heteroatoms. The van der Waals surface area contributed by atoms with Crippen molar-refractivity contribution in [1.82, 2.24) is 5.32 Å². The molecular weight excluding hydrogens is 370 g/mol. The number of aliphatic carboxylic acids is 1. The fraction of sp³-hybridized carbons (Fsp3) is 0.300. The van der Waals surface area contributed by atoms with Crippen LogP contribution in [-0.2, 0) is 16.1 Å². The first kappa shape index (κ1) is 19.8. The van der Waals surface area contributed by atoms with E-state index in [4.69, 9.17) is 9.84 Å². The van der Waals surface area contributed by atoms with Gasteiger partial charge in [0.05, 0.1) is 18.9 Å². The third kappa shape index (κ3) is 4.45. The van der Waals surface area contributed by atoms with Gasteiger partial charge in [-0.05, 0) is 42.3 Å². The van der Waals surface area contributed by atoms with E-state index in [0.717, 1.165) is 10.5 Å². The maximum Gasteiger partial charge on any atom is 0.415 e. The summed E-state index contributed by atoms with van der Waals surface area (Å²) >= 11 is 0. The Hall–Kier alpha value is -3.00. The Bertz CT molecular complexity index is 858. The Morgan fingerprint density at radius 1 is 1.25 bits per heavy atom. The van der Waals surface area contributed by atoms with Crippen molar-refractivity contribution in [3.05, 3.63) is 53.8 Å². The highest BCUT2D eigenvalue weighted by molar-refractivity contribution is 5.94. The fourth-order valence-electron chi connectivity index (χ4n) is 2.93. The summed E-state index contributed by atoms with van der Waals surface area (Å²) in [4.78, 5) is 23.9. The summed E-state index contributed by atoms with van der Waals surface area (Å²) in [6.07, 6.45) is -1.61. The molecule has 0 saturated carbocycles. The minimum absolute atomic E-state index is 0.170. The van der Waals surface area contributed by atoms with E-state index >= 15 is 0 Å². The first-order chi connectivity index (χ1) is 13.5. The number of carboxylic acids is 1. The molecule has 6 nitrogen and oxygen atoms in total. The number of hydrogen-bond acceptors (Lipinski definition) is 4. The molecule has 2 aromatic rings. The van der Waals surface area contributed by atoms with Crippen LogP contribution in [-0.4, -0.2) is 43.0 Å². The van der Waals surface area contributed by atoms with Gasteiger partial charge in [0.1, 0.15) is 5.82 Å². The monoisotopic (exact) mass is 390 g/mol. The predicted molar refractivity (Wildman–Crippen MR) is 99.4 cm³/mol. The highest BCUT2D eigenvalue weighted by atomic mass is 19.1. The van der Waals surface area contributed by atoms with Crippen LogP contribution >= 0.6 is 0 Å². The molecule has 1 aliphatic rings. The average Bonchev–Trinajstić information content (AvgIpc) is 3.08. The maximum absolute atomic E-state index is 14.6. The molecule has 1 heterocycles. The van der Waals surface area contributed by atoms with Crippen LogP contribution in [0.2, 0.25) is 0 Å². The number of nitrogens with zero attached hydrogens (tertiary/aromatic N) is 1. The number of carbonyl (C=O) groups is 2. The first-order valence-corrected chi connectivity index (χ1v) is 8.86. The maximum atomic E-state index is 14.6. The predicted octanol–water partition coefficient (Wildman–Crippen LogP) is 3.35. The van der Waals surface area contributed by atoms with Crippen LogP contribution in [0.1, 0.15) is 12.0 Å². The number of cyclic esters (lactones) is 1. The minimum Gasteiger partial charge on any atom is -0.478 e. The molecule has 1 aliphatic heterocycles. The molecule has 28 heavy (non-hydrogen) atoms. The molecule has 2 aromatic carbocycles. The van der Waals surface area contributed by atoms with Crippen LogP contribution < -0.4 is 10.2 Å². The molecule has 1 unspecified atom stereocenters. The van der Waals surface area contributed by atoms with Crippen LogP contribution in [0.4, 0.5) is 19.3 Å². The van der Waals surface area contributed by atoms with E-state index in [-0.39, 0.29) is 18.9 Å². The topological polar surface area (TPSA) is 78.9 Å². The van der Waals surface area contributed by atoms with Gasteiger partial charge < -0.3 is 15.2 Å². The standard InChI is InChI=1S/C20H20F2N2O4/c21-8-1-9-23-11-13-2-4-14(5-3-13)16-7-6-15(10-17(16)22)24-12-18(19(25)26)28-20(24)27/h2-7,10,18,23H,1,8-9,11-12H2,(H,25,26). The number of nitrogens with one attached hydrogen (secondary N) is 1. The van der Waals surface area contributed by atoms with Crippen molar-refractivity contribution in [1.29, 1.82) is 0 Å². The van der Waals surface area contributed by atoms with Gasteiger partial charge in [0.25, 0.3) is 0 Å². The van der Waals surface area contributed by atoms with E-state index in [1.807, 2.05) is 12.1 Å². The SMILES string of the molecule is O=C(O)C1CN(c2ccc(-c3ccc(CNCCCF)cc3)c(F)c2)C(=O)O1. The van der Waals surface area contributed by atoms with Crippen molar-refractivity contribution in [3.63, 3.8) is 0 Å². The lowest BCUT2D eigenvalue weighted by atomic mass is 10.0. The summed E-state index contributed by atoms with van der Waals surface area (Å²) in [6.45, 7) is 0.671. The smallest absolute Gasteiger partial charge is 0.415 e. The number of anilines is 1. The Labute approximate surface area is 160 Å². The second-order valence-electron chi connectivity index (χ2n) is 6.40. The Morgan fingerprint density at radius 2 is 2.00 bits per heavy atom. The summed E-state index contributed by atoms with van der Waals surface area (Å²) in [5, 5.41) is 12.1. The van der Waals surface area contributed by atoms with Crippen molar-refractivity contribution in [3.8, 4) is 11.1 Å². The van der Waals surface area contributed by atoms with Gasteiger partial charge in [-0.3, -0.25) is 9.29 Å². The van der Waals surface area contributed by atoms with E-state index in [0.29, 0.717) is 30.6 Å². The zero-order valence-electron chi connectivity index (χ0n) is 15.0. The lowest BCUT2D eigenvalue weighted by Crippen LogP contribution is -2.27. The van der Waals surface area contributed by atoms with Crippen LogP contribution in [0.15, 0.2) is 42.5 Å². The van der Waals surface area contributed by atoms with E-state index in [2.05, 4.69) is 5.32 Å². The van der Waals surface area contributed by atoms with Gasteiger partial charge >= 0.3 is 12.1 Å². The number of alkyl halides is 1. The second kappa shape index (κ2) is 8.79. The number of amides is 1. The normalized spacial score (nSPS) is 16.3. The van der Waals surface area contributed by atoms with Crippen molar-refractivity contribution < 1.29 is 28.2 Å². The quantitative estimate of drug-likeness (QED) is 0.676. The van der Waals surface area contributed by atoms with Crippen molar-refractivity contribution in [2.24, 2.45) is 0 Å². The number of hydrogen-bond donors (Lipinski definition) is 2. The van der Waals surface area contributed by atoms with E-state index in [9.17, 15) is 18.4 Å². The zero-order chi connectivity index (χ0) is 20.1. The molecular formula is C20H20F2N2O4. The van der Waals surface area contributed by atoms with E-state index in [1.54, 1.807) is 24.3 Å². The fourth-order valence-corrected chi connectivity index (χ4v) is 2.93. The van der Waals surface area contributed by atoms with Crippen LogP contribution in [0.25, 0.3) is 11.1 Å². The largest absolute Gasteiger partial charge is 0.478 e. The molecule has 1 amide bonds. The van der Waals surface area contributed by atoms with Gasteiger partial charge in [-0.25, -0.2) is 14.0 Å². The second-order valence-corrected chi connectivity index (χ2v) is 6.40. The molecule has 1 atom stereocenters. The molecule has 1 fully saturated rings. The summed E-state index contributed by atoms with van der Waals surface area (Å²) < 4.78 is 31.4. The van der Waals surface area contributed by atoms with Crippen LogP contribution in [0.3, 0.4) is 0 Å². The molecule has 3 rings (SSSR count). The van der Waals surface area contributed by atoms with Gasteiger partial charge in [-0.1, -0.05) is 24.3 Å². The number of halogens is 2. The Morgan fingerprint density at radius 3 is 2.61 bits per heavy atom. The number of rotatable bonds is 8. The lowest BCUT2D eigenvalue weighted by Gasteiger charge is -2.14. The summed E-state index contributed by atoms with van der Waals surface area (Å²) in [5.41, 5.74) is 2.27. The third-order valence-corrected chi connectivity index (χ3v) is 4.43. The zero-order valence-corrected chi connectivity index (χ0v) is 15.0.